The van der Waals surface area contributed by atoms with Crippen LogP contribution in [0.5, 0.6) is 5.75 Å². The molecule has 0 spiro atoms. The van der Waals surface area contributed by atoms with Gasteiger partial charge in [0.1, 0.15) is 28.3 Å². The first kappa shape index (κ1) is 17.4. The monoisotopic (exact) mass is 391 g/mol. The smallest absolute Gasteiger partial charge is 0.141 e. The zero-order valence-electron chi connectivity index (χ0n) is 15.9. The average Bonchev–Trinajstić information content (AvgIpc) is 3.20. The molecule has 0 bridgehead atoms. The van der Waals surface area contributed by atoms with Crippen LogP contribution in [0.2, 0.25) is 0 Å². The number of thiophene rings is 1. The van der Waals surface area contributed by atoms with E-state index in [0.717, 1.165) is 40.7 Å². The van der Waals surface area contributed by atoms with Gasteiger partial charge in [-0.25, -0.2) is 9.97 Å². The minimum Gasteiger partial charge on any atom is -0.497 e. The number of hydrogen-bond acceptors (Lipinski definition) is 6. The summed E-state index contributed by atoms with van der Waals surface area (Å²) in [6.45, 7) is 4.25. The van der Waals surface area contributed by atoms with E-state index in [4.69, 9.17) is 14.5 Å². The van der Waals surface area contributed by atoms with E-state index in [9.17, 15) is 0 Å². The molecule has 0 aliphatic carbocycles. The number of rotatable bonds is 3. The summed E-state index contributed by atoms with van der Waals surface area (Å²) in [5, 5.41) is 5.57. The zero-order chi connectivity index (χ0) is 19.1. The standard InChI is InChI=1S/C22H21N3O2S/c1-14-23-21(19-7-10-28-22(19)24-14)25-8-9-27-20(13-25)17-4-3-16-12-18(26-2)6-5-15(16)11-17/h3-7,10-12,20H,8-9,13H2,1-2H3. The van der Waals surface area contributed by atoms with E-state index < -0.39 is 0 Å². The molecule has 1 saturated heterocycles. The molecule has 0 N–H and O–H groups in total. The van der Waals surface area contributed by atoms with Crippen molar-refractivity contribution < 1.29 is 9.47 Å². The predicted octanol–water partition coefficient (Wildman–Crippen LogP) is 4.74. The third-order valence-electron chi connectivity index (χ3n) is 5.23. The first-order valence-electron chi connectivity index (χ1n) is 9.37. The lowest BCUT2D eigenvalue weighted by atomic mass is 10.0. The zero-order valence-corrected chi connectivity index (χ0v) is 16.7. The molecule has 4 aromatic rings. The normalized spacial score (nSPS) is 17.4. The Morgan fingerprint density at radius 1 is 1.11 bits per heavy atom. The van der Waals surface area contributed by atoms with E-state index >= 15 is 0 Å². The minimum absolute atomic E-state index is 0.0178. The average molecular weight is 391 g/mol. The summed E-state index contributed by atoms with van der Waals surface area (Å²) >= 11 is 1.66. The summed E-state index contributed by atoms with van der Waals surface area (Å²) < 4.78 is 11.5. The minimum atomic E-state index is 0.0178. The van der Waals surface area contributed by atoms with Crippen molar-refractivity contribution in [3.63, 3.8) is 0 Å². The number of benzene rings is 2. The van der Waals surface area contributed by atoms with E-state index in [2.05, 4.69) is 51.7 Å². The quantitative estimate of drug-likeness (QED) is 0.505. The van der Waals surface area contributed by atoms with Crippen LogP contribution in [0, 0.1) is 6.92 Å². The first-order chi connectivity index (χ1) is 13.7. The Bertz CT molecular complexity index is 1160. The number of aromatic nitrogens is 2. The van der Waals surface area contributed by atoms with Gasteiger partial charge in [0, 0.05) is 13.1 Å². The Morgan fingerprint density at radius 2 is 1.96 bits per heavy atom. The van der Waals surface area contributed by atoms with Crippen LogP contribution in [0.15, 0.2) is 47.8 Å². The fourth-order valence-electron chi connectivity index (χ4n) is 3.80. The second kappa shape index (κ2) is 7.04. The van der Waals surface area contributed by atoms with Crippen LogP contribution < -0.4 is 9.64 Å². The summed E-state index contributed by atoms with van der Waals surface area (Å²) in [7, 11) is 1.69. The number of aryl methyl sites for hydroxylation is 1. The number of fused-ring (bicyclic) bond motifs is 2. The highest BCUT2D eigenvalue weighted by Crippen LogP contribution is 2.33. The molecule has 1 aliphatic heterocycles. The molecule has 2 aromatic heterocycles. The van der Waals surface area contributed by atoms with Crippen molar-refractivity contribution in [2.24, 2.45) is 0 Å². The van der Waals surface area contributed by atoms with Gasteiger partial charge in [0.15, 0.2) is 0 Å². The molecule has 142 valence electrons. The summed E-state index contributed by atoms with van der Waals surface area (Å²) in [6, 6.07) is 14.8. The first-order valence-corrected chi connectivity index (χ1v) is 10.3. The van der Waals surface area contributed by atoms with Crippen molar-refractivity contribution >= 4 is 38.1 Å². The van der Waals surface area contributed by atoms with Crippen LogP contribution in [0.25, 0.3) is 21.0 Å². The summed E-state index contributed by atoms with van der Waals surface area (Å²) in [6.07, 6.45) is 0.0178. The van der Waals surface area contributed by atoms with Gasteiger partial charge < -0.3 is 14.4 Å². The van der Waals surface area contributed by atoms with Crippen molar-refractivity contribution in [3.8, 4) is 5.75 Å². The summed E-state index contributed by atoms with van der Waals surface area (Å²) in [5.74, 6) is 2.70. The molecule has 0 amide bonds. The molecule has 0 radical (unpaired) electrons. The Hall–Kier alpha value is -2.70. The third-order valence-corrected chi connectivity index (χ3v) is 6.03. The van der Waals surface area contributed by atoms with Gasteiger partial charge in [-0.3, -0.25) is 0 Å². The number of nitrogens with zero attached hydrogens (tertiary/aromatic N) is 3. The Labute approximate surface area is 167 Å². The Kier molecular flexibility index (Phi) is 4.37. The SMILES string of the molecule is COc1ccc2cc(C3CN(c4nc(C)nc5sccc45)CCO3)ccc2c1. The predicted molar refractivity (Wildman–Crippen MR) is 114 cm³/mol. The van der Waals surface area contributed by atoms with Crippen molar-refractivity contribution in [2.45, 2.75) is 13.0 Å². The molecule has 5 nitrogen and oxygen atoms in total. The van der Waals surface area contributed by atoms with Crippen molar-refractivity contribution in [1.82, 2.24) is 9.97 Å². The van der Waals surface area contributed by atoms with Gasteiger partial charge >= 0.3 is 0 Å². The van der Waals surface area contributed by atoms with Crippen molar-refractivity contribution in [2.75, 3.05) is 31.7 Å². The number of morpholine rings is 1. The molecule has 2 aromatic carbocycles. The molecular weight excluding hydrogens is 370 g/mol. The Balaban J connectivity index is 1.47. The maximum absolute atomic E-state index is 6.13. The molecule has 1 unspecified atom stereocenters. The van der Waals surface area contributed by atoms with Crippen LogP contribution in [0.4, 0.5) is 5.82 Å². The van der Waals surface area contributed by atoms with Crippen LogP contribution in [-0.4, -0.2) is 36.8 Å². The van der Waals surface area contributed by atoms with Crippen LogP contribution in [-0.2, 0) is 4.74 Å². The maximum atomic E-state index is 6.13. The van der Waals surface area contributed by atoms with Gasteiger partial charge in [0.25, 0.3) is 0 Å². The highest BCUT2D eigenvalue weighted by molar-refractivity contribution is 7.16. The molecule has 1 aliphatic rings. The van der Waals surface area contributed by atoms with Gasteiger partial charge in [0.05, 0.1) is 19.1 Å². The molecule has 5 rings (SSSR count). The van der Waals surface area contributed by atoms with E-state index in [0.29, 0.717) is 6.61 Å². The number of ether oxygens (including phenoxy) is 2. The highest BCUT2D eigenvalue weighted by Gasteiger charge is 2.25. The fourth-order valence-corrected chi connectivity index (χ4v) is 4.60. The molecule has 28 heavy (non-hydrogen) atoms. The topological polar surface area (TPSA) is 47.5 Å². The van der Waals surface area contributed by atoms with Crippen LogP contribution in [0.3, 0.4) is 0 Å². The number of anilines is 1. The molecule has 0 saturated carbocycles. The second-order valence-corrected chi connectivity index (χ2v) is 7.91. The van der Waals surface area contributed by atoms with E-state index in [-0.39, 0.29) is 6.10 Å². The lowest BCUT2D eigenvalue weighted by Crippen LogP contribution is -2.39. The molecule has 1 fully saturated rings. The number of methoxy groups -OCH3 is 1. The van der Waals surface area contributed by atoms with Gasteiger partial charge in [-0.1, -0.05) is 18.2 Å². The summed E-state index contributed by atoms with van der Waals surface area (Å²) in [4.78, 5) is 12.7. The van der Waals surface area contributed by atoms with Gasteiger partial charge in [-0.2, -0.15) is 0 Å². The van der Waals surface area contributed by atoms with Crippen LogP contribution >= 0.6 is 11.3 Å². The van der Waals surface area contributed by atoms with E-state index in [1.807, 2.05) is 13.0 Å². The third kappa shape index (κ3) is 3.08. The van der Waals surface area contributed by atoms with Crippen molar-refractivity contribution in [1.29, 1.82) is 0 Å². The fraction of sp³-hybridized carbons (Fsp3) is 0.273. The summed E-state index contributed by atoms with van der Waals surface area (Å²) in [5.41, 5.74) is 1.19. The van der Waals surface area contributed by atoms with E-state index in [1.165, 1.54) is 16.3 Å². The Morgan fingerprint density at radius 3 is 2.86 bits per heavy atom. The van der Waals surface area contributed by atoms with Gasteiger partial charge in [-0.15, -0.1) is 11.3 Å². The largest absolute Gasteiger partial charge is 0.497 e. The lowest BCUT2D eigenvalue weighted by Gasteiger charge is -2.34. The highest BCUT2D eigenvalue weighted by atomic mass is 32.1. The second-order valence-electron chi connectivity index (χ2n) is 7.01. The molecule has 6 heteroatoms. The van der Waals surface area contributed by atoms with Crippen molar-refractivity contribution in [3.05, 3.63) is 59.2 Å². The lowest BCUT2D eigenvalue weighted by molar-refractivity contribution is 0.0397. The van der Waals surface area contributed by atoms with Gasteiger partial charge in [-0.05, 0) is 52.9 Å². The number of hydrogen-bond donors (Lipinski definition) is 0. The van der Waals surface area contributed by atoms with Crippen LogP contribution in [0.1, 0.15) is 17.5 Å². The maximum Gasteiger partial charge on any atom is 0.141 e. The molecular formula is C22H21N3O2S. The molecule has 3 heterocycles. The van der Waals surface area contributed by atoms with E-state index in [1.54, 1.807) is 18.4 Å². The molecule has 1 atom stereocenters. The van der Waals surface area contributed by atoms with Gasteiger partial charge in [0.2, 0.25) is 0 Å².